The highest BCUT2D eigenvalue weighted by Gasteiger charge is 2.32. The van der Waals surface area contributed by atoms with E-state index < -0.39 is 24.6 Å². The van der Waals surface area contributed by atoms with Gasteiger partial charge in [0.15, 0.2) is 18.1 Å². The fraction of sp³-hybridized carbons (Fsp3) is 0.176. The van der Waals surface area contributed by atoms with Gasteiger partial charge in [-0.3, -0.25) is 9.59 Å². The van der Waals surface area contributed by atoms with Gasteiger partial charge < -0.3 is 14.8 Å². The van der Waals surface area contributed by atoms with Gasteiger partial charge in [-0.15, -0.1) is 13.2 Å². The molecule has 0 bridgehead atoms. The van der Waals surface area contributed by atoms with Crippen molar-refractivity contribution in [2.45, 2.75) is 13.3 Å². The van der Waals surface area contributed by atoms with Crippen LogP contribution in [0.25, 0.3) is 0 Å². The molecule has 132 valence electrons. The van der Waals surface area contributed by atoms with Crippen molar-refractivity contribution in [3.63, 3.8) is 0 Å². The summed E-state index contributed by atoms with van der Waals surface area (Å²) in [5.74, 6) is -1.07. The molecular formula is C17H14F3NO4. The molecule has 0 unspecified atom stereocenters. The summed E-state index contributed by atoms with van der Waals surface area (Å²) in [7, 11) is 0. The molecule has 2 aromatic rings. The number of hydrogen-bond donors (Lipinski definition) is 1. The van der Waals surface area contributed by atoms with Crippen LogP contribution in [0.3, 0.4) is 0 Å². The lowest BCUT2D eigenvalue weighted by molar-refractivity contribution is -0.274. The van der Waals surface area contributed by atoms with E-state index in [0.29, 0.717) is 11.3 Å². The van der Waals surface area contributed by atoms with E-state index in [1.165, 1.54) is 31.2 Å². The van der Waals surface area contributed by atoms with Gasteiger partial charge in [0.25, 0.3) is 5.91 Å². The second-order valence-electron chi connectivity index (χ2n) is 4.96. The molecule has 0 saturated heterocycles. The summed E-state index contributed by atoms with van der Waals surface area (Å²) in [5.41, 5.74) is 0.285. The Morgan fingerprint density at radius 1 is 1.08 bits per heavy atom. The maximum absolute atomic E-state index is 12.3. The van der Waals surface area contributed by atoms with E-state index in [2.05, 4.69) is 10.1 Å². The van der Waals surface area contributed by atoms with Crippen molar-refractivity contribution < 1.29 is 32.2 Å². The number of para-hydroxylation sites is 2. The molecule has 2 rings (SSSR count). The number of nitrogens with one attached hydrogen (secondary N) is 1. The van der Waals surface area contributed by atoms with E-state index >= 15 is 0 Å². The largest absolute Gasteiger partial charge is 0.573 e. The van der Waals surface area contributed by atoms with Crippen molar-refractivity contribution in [3.8, 4) is 11.5 Å². The Morgan fingerprint density at radius 2 is 1.80 bits per heavy atom. The van der Waals surface area contributed by atoms with Gasteiger partial charge in [0.05, 0.1) is 5.69 Å². The minimum absolute atomic E-state index is 0.133. The average Bonchev–Trinajstić information content (AvgIpc) is 2.54. The van der Waals surface area contributed by atoms with Crippen LogP contribution in [0.4, 0.5) is 18.9 Å². The van der Waals surface area contributed by atoms with Crippen LogP contribution in [0.15, 0.2) is 48.5 Å². The van der Waals surface area contributed by atoms with Crippen LogP contribution in [0.1, 0.15) is 17.3 Å². The van der Waals surface area contributed by atoms with E-state index in [-0.39, 0.29) is 11.5 Å². The van der Waals surface area contributed by atoms with E-state index in [4.69, 9.17) is 4.74 Å². The first kappa shape index (κ1) is 18.3. The van der Waals surface area contributed by atoms with Crippen LogP contribution in [-0.4, -0.2) is 24.7 Å². The van der Waals surface area contributed by atoms with Crippen molar-refractivity contribution in [2.24, 2.45) is 0 Å². The van der Waals surface area contributed by atoms with Gasteiger partial charge in [0.1, 0.15) is 5.75 Å². The molecule has 0 fully saturated rings. The van der Waals surface area contributed by atoms with Crippen LogP contribution >= 0.6 is 0 Å². The van der Waals surface area contributed by atoms with E-state index in [1.807, 2.05) is 0 Å². The Balaban J connectivity index is 1.99. The monoisotopic (exact) mass is 353 g/mol. The minimum atomic E-state index is -4.87. The number of halogens is 3. The van der Waals surface area contributed by atoms with Crippen molar-refractivity contribution >= 4 is 17.4 Å². The highest BCUT2D eigenvalue weighted by Crippen LogP contribution is 2.29. The standard InChI is InChI=1S/C17H14F3NO4/c1-11(22)12-5-4-6-13(9-12)24-10-16(23)21-14-7-2-3-8-15(14)25-17(18,19)20/h2-9H,10H2,1H3,(H,21,23). The number of carbonyl (C=O) groups excluding carboxylic acids is 2. The summed E-state index contributed by atoms with van der Waals surface area (Å²) in [4.78, 5) is 23.2. The zero-order chi connectivity index (χ0) is 18.4. The van der Waals surface area contributed by atoms with Crippen LogP contribution in [0, 0.1) is 0 Å². The molecular weight excluding hydrogens is 339 g/mol. The van der Waals surface area contributed by atoms with Gasteiger partial charge in [-0.05, 0) is 31.2 Å². The number of amides is 1. The Hall–Kier alpha value is -3.03. The van der Waals surface area contributed by atoms with Crippen molar-refractivity contribution in [1.82, 2.24) is 0 Å². The molecule has 0 heterocycles. The lowest BCUT2D eigenvalue weighted by Crippen LogP contribution is -2.22. The molecule has 0 aliphatic heterocycles. The van der Waals surface area contributed by atoms with Gasteiger partial charge in [0, 0.05) is 5.56 Å². The van der Waals surface area contributed by atoms with E-state index in [0.717, 1.165) is 6.07 Å². The molecule has 5 nitrogen and oxygen atoms in total. The maximum atomic E-state index is 12.3. The number of rotatable bonds is 6. The number of benzene rings is 2. The number of carbonyl (C=O) groups is 2. The third-order valence-corrected chi connectivity index (χ3v) is 3.00. The number of ether oxygens (including phenoxy) is 2. The van der Waals surface area contributed by atoms with E-state index in [9.17, 15) is 22.8 Å². The van der Waals surface area contributed by atoms with Gasteiger partial charge in [-0.2, -0.15) is 0 Å². The Morgan fingerprint density at radius 3 is 2.48 bits per heavy atom. The number of hydrogen-bond acceptors (Lipinski definition) is 4. The highest BCUT2D eigenvalue weighted by atomic mass is 19.4. The minimum Gasteiger partial charge on any atom is -0.484 e. The number of alkyl halides is 3. The summed E-state index contributed by atoms with van der Waals surface area (Å²) >= 11 is 0. The fourth-order valence-electron chi connectivity index (χ4n) is 1.92. The normalized spacial score (nSPS) is 10.9. The van der Waals surface area contributed by atoms with Crippen LogP contribution < -0.4 is 14.8 Å². The fourth-order valence-corrected chi connectivity index (χ4v) is 1.92. The molecule has 0 spiro atoms. The Bertz CT molecular complexity index is 774. The molecule has 8 heteroatoms. The third kappa shape index (κ3) is 5.83. The predicted octanol–water partition coefficient (Wildman–Crippen LogP) is 3.81. The number of ketones is 1. The summed E-state index contributed by atoms with van der Waals surface area (Å²) in [5, 5.41) is 2.28. The first-order valence-corrected chi connectivity index (χ1v) is 7.13. The zero-order valence-corrected chi connectivity index (χ0v) is 13.1. The van der Waals surface area contributed by atoms with Crippen molar-refractivity contribution in [2.75, 3.05) is 11.9 Å². The average molecular weight is 353 g/mol. The zero-order valence-electron chi connectivity index (χ0n) is 13.1. The summed E-state index contributed by atoms with van der Waals surface area (Å²) in [6, 6.07) is 11.4. The SMILES string of the molecule is CC(=O)c1cccc(OCC(=O)Nc2ccccc2OC(F)(F)F)c1. The molecule has 0 aliphatic rings. The van der Waals surface area contributed by atoms with Gasteiger partial charge in [-0.25, -0.2) is 0 Å². The summed E-state index contributed by atoms with van der Waals surface area (Å²) in [6.07, 6.45) is -4.87. The lowest BCUT2D eigenvalue weighted by atomic mass is 10.1. The van der Waals surface area contributed by atoms with Gasteiger partial charge >= 0.3 is 6.36 Å². The Labute approximate surface area is 141 Å². The second kappa shape index (κ2) is 7.69. The molecule has 0 radical (unpaired) electrons. The van der Waals surface area contributed by atoms with Gasteiger partial charge in [-0.1, -0.05) is 24.3 Å². The van der Waals surface area contributed by atoms with Crippen LogP contribution in [0.2, 0.25) is 0 Å². The second-order valence-corrected chi connectivity index (χ2v) is 4.96. The number of anilines is 1. The molecule has 0 aliphatic carbocycles. The first-order chi connectivity index (χ1) is 11.7. The lowest BCUT2D eigenvalue weighted by Gasteiger charge is -2.14. The smallest absolute Gasteiger partial charge is 0.484 e. The van der Waals surface area contributed by atoms with E-state index in [1.54, 1.807) is 18.2 Å². The first-order valence-electron chi connectivity index (χ1n) is 7.13. The molecule has 2 aromatic carbocycles. The topological polar surface area (TPSA) is 64.6 Å². The number of Topliss-reactive ketones (excluding diaryl/α,β-unsaturated/α-hetero) is 1. The van der Waals surface area contributed by atoms with Crippen LogP contribution in [-0.2, 0) is 4.79 Å². The van der Waals surface area contributed by atoms with Gasteiger partial charge in [0.2, 0.25) is 0 Å². The summed E-state index contributed by atoms with van der Waals surface area (Å²) in [6.45, 7) is 0.950. The van der Waals surface area contributed by atoms with Crippen LogP contribution in [0.5, 0.6) is 11.5 Å². The molecule has 1 N–H and O–H groups in total. The molecule has 1 amide bonds. The molecule has 0 aromatic heterocycles. The predicted molar refractivity (Wildman–Crippen MR) is 83.7 cm³/mol. The van der Waals surface area contributed by atoms with Crippen molar-refractivity contribution in [1.29, 1.82) is 0 Å². The molecule has 25 heavy (non-hydrogen) atoms. The summed E-state index contributed by atoms with van der Waals surface area (Å²) < 4.78 is 46.1. The quantitative estimate of drug-likeness (QED) is 0.802. The maximum Gasteiger partial charge on any atom is 0.573 e. The Kier molecular flexibility index (Phi) is 5.63. The molecule has 0 saturated carbocycles. The van der Waals surface area contributed by atoms with Crippen molar-refractivity contribution in [3.05, 3.63) is 54.1 Å². The molecule has 0 atom stereocenters. The third-order valence-electron chi connectivity index (χ3n) is 3.00. The highest BCUT2D eigenvalue weighted by molar-refractivity contribution is 5.95.